The van der Waals surface area contributed by atoms with Crippen LogP contribution in [0.5, 0.6) is 11.5 Å². The van der Waals surface area contributed by atoms with Crippen LogP contribution in [0.15, 0.2) is 36.4 Å². The first-order chi connectivity index (χ1) is 8.97. The van der Waals surface area contributed by atoms with Crippen LogP contribution in [0, 0.1) is 6.92 Å². The molecule has 19 heavy (non-hydrogen) atoms. The number of carbonyl (C=O) groups is 1. The summed E-state index contributed by atoms with van der Waals surface area (Å²) in [6, 6.07) is 9.60. The van der Waals surface area contributed by atoms with Crippen LogP contribution in [0.2, 0.25) is 10.0 Å². The van der Waals surface area contributed by atoms with E-state index in [0.717, 1.165) is 5.56 Å². The number of rotatable bonds is 3. The Morgan fingerprint density at radius 1 is 1.11 bits per heavy atom. The Hall–Kier alpha value is -1.71. The Balaban J connectivity index is 2.45. The average Bonchev–Trinajstić information content (AvgIpc) is 2.33. The molecule has 0 amide bonds. The molecule has 0 unspecified atom stereocenters. The molecular formula is C14H10Cl2O3. The highest BCUT2D eigenvalue weighted by Crippen LogP contribution is 2.33. The molecule has 2 rings (SSSR count). The number of carboxylic acid groups (broad SMARTS) is 1. The minimum Gasteiger partial charge on any atom is -0.478 e. The van der Waals surface area contributed by atoms with Gasteiger partial charge >= 0.3 is 5.97 Å². The highest BCUT2D eigenvalue weighted by atomic mass is 35.5. The lowest BCUT2D eigenvalue weighted by molar-refractivity contribution is 0.0694. The van der Waals surface area contributed by atoms with E-state index in [9.17, 15) is 4.79 Å². The van der Waals surface area contributed by atoms with Gasteiger partial charge in [-0.1, -0.05) is 29.3 Å². The highest BCUT2D eigenvalue weighted by Gasteiger charge is 2.14. The van der Waals surface area contributed by atoms with E-state index >= 15 is 0 Å². The predicted octanol–water partition coefficient (Wildman–Crippen LogP) is 4.79. The number of halogens is 2. The summed E-state index contributed by atoms with van der Waals surface area (Å²) in [6.07, 6.45) is 0. The van der Waals surface area contributed by atoms with Gasteiger partial charge in [-0.25, -0.2) is 4.79 Å². The summed E-state index contributed by atoms with van der Waals surface area (Å²) >= 11 is 11.9. The van der Waals surface area contributed by atoms with Crippen molar-refractivity contribution in [3.63, 3.8) is 0 Å². The molecular weight excluding hydrogens is 287 g/mol. The molecule has 2 aromatic rings. The fourth-order valence-electron chi connectivity index (χ4n) is 1.56. The second-order valence-corrected chi connectivity index (χ2v) is 4.83. The van der Waals surface area contributed by atoms with Crippen LogP contribution in [0.3, 0.4) is 0 Å². The molecule has 0 saturated carbocycles. The Bertz CT molecular complexity index is 639. The molecule has 0 spiro atoms. The van der Waals surface area contributed by atoms with Crippen molar-refractivity contribution in [2.24, 2.45) is 0 Å². The van der Waals surface area contributed by atoms with E-state index in [4.69, 9.17) is 33.0 Å². The van der Waals surface area contributed by atoms with Crippen molar-refractivity contribution in [1.82, 2.24) is 0 Å². The standard InChI is InChI=1S/C14H10Cl2O3/c1-8-2-5-11(16)13(6-8)19-12-7-9(15)3-4-10(12)14(17)18/h2-7H,1H3,(H,17,18). The van der Waals surface area contributed by atoms with Gasteiger partial charge in [-0.15, -0.1) is 0 Å². The normalized spacial score (nSPS) is 10.3. The highest BCUT2D eigenvalue weighted by molar-refractivity contribution is 6.32. The topological polar surface area (TPSA) is 46.5 Å². The minimum absolute atomic E-state index is 0.0296. The molecule has 5 heteroatoms. The lowest BCUT2D eigenvalue weighted by Crippen LogP contribution is -2.00. The van der Waals surface area contributed by atoms with Gasteiger partial charge in [-0.05, 0) is 36.8 Å². The van der Waals surface area contributed by atoms with Crippen molar-refractivity contribution >= 4 is 29.2 Å². The van der Waals surface area contributed by atoms with Gasteiger partial charge in [0.2, 0.25) is 0 Å². The second-order valence-electron chi connectivity index (χ2n) is 3.98. The number of hydrogen-bond donors (Lipinski definition) is 1. The summed E-state index contributed by atoms with van der Waals surface area (Å²) in [5.41, 5.74) is 0.986. The van der Waals surface area contributed by atoms with E-state index in [1.54, 1.807) is 12.1 Å². The Kier molecular flexibility index (Phi) is 3.98. The quantitative estimate of drug-likeness (QED) is 0.885. The third-order valence-electron chi connectivity index (χ3n) is 2.48. The maximum absolute atomic E-state index is 11.1. The fraction of sp³-hybridized carbons (Fsp3) is 0.0714. The summed E-state index contributed by atoms with van der Waals surface area (Å²) in [5, 5.41) is 9.90. The number of aromatic carboxylic acids is 1. The van der Waals surface area contributed by atoms with Crippen molar-refractivity contribution in [3.05, 3.63) is 57.6 Å². The van der Waals surface area contributed by atoms with Crippen LogP contribution in [-0.2, 0) is 0 Å². The molecule has 2 aromatic carbocycles. The van der Waals surface area contributed by atoms with Crippen molar-refractivity contribution in [3.8, 4) is 11.5 Å². The van der Waals surface area contributed by atoms with Crippen LogP contribution in [0.4, 0.5) is 0 Å². The first-order valence-corrected chi connectivity index (χ1v) is 6.20. The zero-order valence-electron chi connectivity index (χ0n) is 9.98. The molecule has 0 atom stereocenters. The number of benzene rings is 2. The molecule has 0 aromatic heterocycles. The van der Waals surface area contributed by atoms with Crippen LogP contribution < -0.4 is 4.74 Å². The zero-order valence-corrected chi connectivity index (χ0v) is 11.5. The van der Waals surface area contributed by atoms with Gasteiger partial charge in [0.15, 0.2) is 0 Å². The van der Waals surface area contributed by atoms with Crippen molar-refractivity contribution in [1.29, 1.82) is 0 Å². The average molecular weight is 297 g/mol. The van der Waals surface area contributed by atoms with Crippen LogP contribution in [-0.4, -0.2) is 11.1 Å². The SMILES string of the molecule is Cc1ccc(Cl)c(Oc2cc(Cl)ccc2C(=O)O)c1. The van der Waals surface area contributed by atoms with Gasteiger partial charge in [-0.3, -0.25) is 0 Å². The van der Waals surface area contributed by atoms with Gasteiger partial charge in [-0.2, -0.15) is 0 Å². The lowest BCUT2D eigenvalue weighted by Gasteiger charge is -2.11. The summed E-state index contributed by atoms with van der Waals surface area (Å²) in [6.45, 7) is 1.89. The first kappa shape index (κ1) is 13.7. The second kappa shape index (κ2) is 5.51. The Morgan fingerprint density at radius 3 is 2.53 bits per heavy atom. The lowest BCUT2D eigenvalue weighted by atomic mass is 10.2. The minimum atomic E-state index is -1.09. The molecule has 0 aliphatic carbocycles. The monoisotopic (exact) mass is 296 g/mol. The third kappa shape index (κ3) is 3.19. The molecule has 0 aliphatic heterocycles. The summed E-state index contributed by atoms with van der Waals surface area (Å²) in [5.74, 6) is -0.533. The third-order valence-corrected chi connectivity index (χ3v) is 3.03. The maximum atomic E-state index is 11.1. The first-order valence-electron chi connectivity index (χ1n) is 5.44. The molecule has 0 saturated heterocycles. The maximum Gasteiger partial charge on any atom is 0.339 e. The predicted molar refractivity (Wildman–Crippen MR) is 74.7 cm³/mol. The Morgan fingerprint density at radius 2 is 1.84 bits per heavy atom. The van der Waals surface area contributed by atoms with E-state index in [0.29, 0.717) is 15.8 Å². The molecule has 0 bridgehead atoms. The number of aryl methyl sites for hydroxylation is 1. The molecule has 0 heterocycles. The molecule has 0 aliphatic rings. The van der Waals surface area contributed by atoms with Gasteiger partial charge in [0.05, 0.1) is 5.02 Å². The smallest absolute Gasteiger partial charge is 0.339 e. The number of hydrogen-bond acceptors (Lipinski definition) is 2. The molecule has 0 radical (unpaired) electrons. The number of ether oxygens (including phenoxy) is 1. The van der Waals surface area contributed by atoms with Crippen molar-refractivity contribution < 1.29 is 14.6 Å². The van der Waals surface area contributed by atoms with E-state index in [-0.39, 0.29) is 11.3 Å². The summed E-state index contributed by atoms with van der Waals surface area (Å²) in [4.78, 5) is 11.1. The van der Waals surface area contributed by atoms with Crippen molar-refractivity contribution in [2.75, 3.05) is 0 Å². The molecule has 1 N–H and O–H groups in total. The van der Waals surface area contributed by atoms with Gasteiger partial charge in [0, 0.05) is 11.1 Å². The van der Waals surface area contributed by atoms with Gasteiger partial charge in [0.25, 0.3) is 0 Å². The zero-order chi connectivity index (χ0) is 14.0. The molecule has 0 fully saturated rings. The molecule has 98 valence electrons. The number of carboxylic acids is 1. The van der Waals surface area contributed by atoms with E-state index < -0.39 is 5.97 Å². The van der Waals surface area contributed by atoms with Gasteiger partial charge < -0.3 is 9.84 Å². The van der Waals surface area contributed by atoms with Gasteiger partial charge in [0.1, 0.15) is 17.1 Å². The van der Waals surface area contributed by atoms with E-state index in [1.165, 1.54) is 18.2 Å². The van der Waals surface area contributed by atoms with Crippen LogP contribution >= 0.6 is 23.2 Å². The molecule has 3 nitrogen and oxygen atoms in total. The van der Waals surface area contributed by atoms with Crippen molar-refractivity contribution in [2.45, 2.75) is 6.92 Å². The largest absolute Gasteiger partial charge is 0.478 e. The summed E-state index contributed by atoms with van der Waals surface area (Å²) < 4.78 is 5.57. The van der Waals surface area contributed by atoms with Crippen LogP contribution in [0.25, 0.3) is 0 Å². The summed E-state index contributed by atoms with van der Waals surface area (Å²) in [7, 11) is 0. The fourth-order valence-corrected chi connectivity index (χ4v) is 1.88. The van der Waals surface area contributed by atoms with Crippen LogP contribution in [0.1, 0.15) is 15.9 Å². The van der Waals surface area contributed by atoms with E-state index in [1.807, 2.05) is 13.0 Å². The Labute approximate surface area is 120 Å². The van der Waals surface area contributed by atoms with E-state index in [2.05, 4.69) is 0 Å².